The van der Waals surface area contributed by atoms with Crippen molar-refractivity contribution in [2.45, 2.75) is 38.1 Å². The van der Waals surface area contributed by atoms with Gasteiger partial charge in [-0.1, -0.05) is 5.92 Å². The van der Waals surface area contributed by atoms with Gasteiger partial charge in [-0.25, -0.2) is 4.99 Å². The average Bonchev–Trinajstić information content (AvgIpc) is 3.05. The average molecular weight is 416 g/mol. The van der Waals surface area contributed by atoms with Gasteiger partial charge in [-0.3, -0.25) is 4.98 Å². The van der Waals surface area contributed by atoms with Crippen LogP contribution < -0.4 is 5.73 Å². The van der Waals surface area contributed by atoms with Crippen LogP contribution in [0.1, 0.15) is 30.7 Å². The van der Waals surface area contributed by atoms with Crippen LogP contribution in [0.2, 0.25) is 0 Å². The first kappa shape index (κ1) is 21.1. The predicted molar refractivity (Wildman–Crippen MR) is 102 cm³/mol. The Kier molecular flexibility index (Phi) is 6.07. The zero-order chi connectivity index (χ0) is 18.9. The molecular weight excluding hydrogens is 399 g/mol. The highest BCUT2D eigenvalue weighted by molar-refractivity contribution is 7.10. The van der Waals surface area contributed by atoms with E-state index in [1.165, 1.54) is 11.3 Å². The largest absolute Gasteiger partial charge is 0.452 e. The topological polar surface area (TPSA) is 60.5 Å². The molecule has 3 heterocycles. The SMILES string of the molecule is CC#Cc1cncc(-c2csc([C@]3(C)C[C@@H](C(F)(F)F)OC(N)=N3)c2)c1.Cl. The lowest BCUT2D eigenvalue weighted by atomic mass is 9.91. The molecule has 1 aliphatic heterocycles. The summed E-state index contributed by atoms with van der Waals surface area (Å²) < 4.78 is 44.0. The number of amidine groups is 1. The Bertz CT molecular complexity index is 916. The summed E-state index contributed by atoms with van der Waals surface area (Å²) in [6, 6.07) is 3.26. The van der Waals surface area contributed by atoms with Crippen LogP contribution >= 0.6 is 23.7 Å². The van der Waals surface area contributed by atoms with Crippen LogP contribution in [0.4, 0.5) is 13.2 Å². The Morgan fingerprint density at radius 1 is 1.30 bits per heavy atom. The van der Waals surface area contributed by atoms with E-state index in [-0.39, 0.29) is 18.8 Å². The summed E-state index contributed by atoms with van der Waals surface area (Å²) in [5, 5.41) is 1.87. The molecule has 4 nitrogen and oxygen atoms in total. The van der Waals surface area contributed by atoms with Crippen LogP contribution in [-0.2, 0) is 10.3 Å². The maximum atomic E-state index is 13.1. The predicted octanol–water partition coefficient (Wildman–Crippen LogP) is 4.48. The lowest BCUT2D eigenvalue weighted by Gasteiger charge is -2.34. The Morgan fingerprint density at radius 3 is 2.70 bits per heavy atom. The number of nitrogens with two attached hydrogens (primary N) is 1. The lowest BCUT2D eigenvalue weighted by Crippen LogP contribution is -2.45. The van der Waals surface area contributed by atoms with E-state index < -0.39 is 23.8 Å². The maximum absolute atomic E-state index is 13.1. The van der Waals surface area contributed by atoms with Gasteiger partial charge in [0, 0.05) is 34.8 Å². The molecule has 0 bridgehead atoms. The van der Waals surface area contributed by atoms with Crippen LogP contribution in [-0.4, -0.2) is 23.3 Å². The van der Waals surface area contributed by atoms with Crippen molar-refractivity contribution in [3.63, 3.8) is 0 Å². The number of pyridine rings is 1. The number of aliphatic imine (C=N–C) groups is 1. The van der Waals surface area contributed by atoms with Gasteiger partial charge in [-0.2, -0.15) is 13.2 Å². The van der Waals surface area contributed by atoms with Crippen LogP contribution in [0.15, 0.2) is 34.9 Å². The van der Waals surface area contributed by atoms with Crippen molar-refractivity contribution in [2.24, 2.45) is 10.7 Å². The number of halogens is 4. The van der Waals surface area contributed by atoms with Crippen LogP contribution in [0, 0.1) is 11.8 Å². The first-order chi connectivity index (χ1) is 12.2. The Hall–Kier alpha value is -2.24. The standard InChI is InChI=1S/C18H16F3N3OS.ClH/c1-3-4-11-5-12(9-23-8-11)13-6-15(26-10-13)17(2)7-14(18(19,20)21)25-16(22)24-17;/h5-6,8-10,14H,7H2,1-2H3,(H2,22,24);1H/t14-,17-;/m0./s1. The minimum absolute atomic E-state index is 0. The quantitative estimate of drug-likeness (QED) is 0.735. The number of nitrogens with zero attached hydrogens (tertiary/aromatic N) is 2. The minimum atomic E-state index is -4.50. The van der Waals surface area contributed by atoms with Gasteiger partial charge >= 0.3 is 6.18 Å². The fourth-order valence-electron chi connectivity index (χ4n) is 2.78. The number of aromatic nitrogens is 1. The molecular formula is C18H17ClF3N3OS. The fraction of sp³-hybridized carbons (Fsp3) is 0.333. The lowest BCUT2D eigenvalue weighted by molar-refractivity contribution is -0.208. The Labute approximate surface area is 165 Å². The first-order valence-electron chi connectivity index (χ1n) is 7.77. The molecule has 2 aromatic rings. The van der Waals surface area contributed by atoms with E-state index in [0.29, 0.717) is 4.88 Å². The highest BCUT2D eigenvalue weighted by Crippen LogP contribution is 2.43. The van der Waals surface area contributed by atoms with E-state index in [9.17, 15) is 13.2 Å². The molecule has 0 saturated heterocycles. The van der Waals surface area contributed by atoms with Crippen molar-refractivity contribution in [2.75, 3.05) is 0 Å². The molecule has 1 aliphatic rings. The number of hydrogen-bond acceptors (Lipinski definition) is 5. The van der Waals surface area contributed by atoms with Gasteiger partial charge in [0.15, 0.2) is 6.10 Å². The van der Waals surface area contributed by atoms with E-state index in [1.54, 1.807) is 26.2 Å². The second-order valence-electron chi connectivity index (χ2n) is 6.11. The van der Waals surface area contributed by atoms with E-state index >= 15 is 0 Å². The minimum Gasteiger partial charge on any atom is -0.452 e. The summed E-state index contributed by atoms with van der Waals surface area (Å²) in [4.78, 5) is 8.99. The number of rotatable bonds is 2. The zero-order valence-electron chi connectivity index (χ0n) is 14.5. The normalized spacial score (nSPS) is 22.0. The smallest absolute Gasteiger partial charge is 0.425 e. The summed E-state index contributed by atoms with van der Waals surface area (Å²) >= 11 is 1.33. The Balaban J connectivity index is 0.00000261. The highest BCUT2D eigenvalue weighted by Gasteiger charge is 2.49. The number of ether oxygens (including phenoxy) is 1. The zero-order valence-corrected chi connectivity index (χ0v) is 16.1. The van der Waals surface area contributed by atoms with Crippen LogP contribution in [0.5, 0.6) is 0 Å². The molecule has 9 heteroatoms. The summed E-state index contributed by atoms with van der Waals surface area (Å²) in [5.41, 5.74) is 6.88. The van der Waals surface area contributed by atoms with Gasteiger partial charge in [0.2, 0.25) is 0 Å². The number of hydrogen-bond donors (Lipinski definition) is 1. The van der Waals surface area contributed by atoms with Crippen molar-refractivity contribution in [1.82, 2.24) is 4.98 Å². The molecule has 0 unspecified atom stereocenters. The van der Waals surface area contributed by atoms with Gasteiger partial charge in [-0.05, 0) is 36.9 Å². The molecule has 0 fully saturated rings. The summed E-state index contributed by atoms with van der Waals surface area (Å²) in [5.74, 6) is 5.74. The van der Waals surface area contributed by atoms with Crippen molar-refractivity contribution in [1.29, 1.82) is 0 Å². The van der Waals surface area contributed by atoms with E-state index in [4.69, 9.17) is 5.73 Å². The second kappa shape index (κ2) is 7.79. The first-order valence-corrected chi connectivity index (χ1v) is 8.65. The molecule has 0 amide bonds. The molecule has 0 aromatic carbocycles. The highest BCUT2D eigenvalue weighted by atomic mass is 35.5. The summed E-state index contributed by atoms with van der Waals surface area (Å²) in [7, 11) is 0. The number of alkyl halides is 3. The van der Waals surface area contributed by atoms with Crippen molar-refractivity contribution in [3.8, 4) is 23.0 Å². The van der Waals surface area contributed by atoms with Gasteiger partial charge in [-0.15, -0.1) is 29.7 Å². The monoisotopic (exact) mass is 415 g/mol. The van der Waals surface area contributed by atoms with E-state index in [0.717, 1.165) is 16.7 Å². The molecule has 3 rings (SSSR count). The third-order valence-electron chi connectivity index (χ3n) is 4.04. The van der Waals surface area contributed by atoms with Crippen molar-refractivity contribution < 1.29 is 17.9 Å². The molecule has 0 saturated carbocycles. The van der Waals surface area contributed by atoms with Gasteiger partial charge in [0.05, 0.1) is 0 Å². The Morgan fingerprint density at radius 2 is 2.04 bits per heavy atom. The van der Waals surface area contributed by atoms with E-state index in [1.807, 2.05) is 17.5 Å². The van der Waals surface area contributed by atoms with Gasteiger partial charge in [0.25, 0.3) is 6.02 Å². The third-order valence-corrected chi connectivity index (χ3v) is 5.22. The molecule has 2 atom stereocenters. The molecule has 0 radical (unpaired) electrons. The number of thiophene rings is 1. The van der Waals surface area contributed by atoms with Crippen molar-refractivity contribution in [3.05, 3.63) is 40.3 Å². The fourth-order valence-corrected chi connectivity index (χ4v) is 3.82. The summed E-state index contributed by atoms with van der Waals surface area (Å²) in [6.45, 7) is 3.37. The summed E-state index contributed by atoms with van der Waals surface area (Å²) in [6.07, 6.45) is -3.45. The van der Waals surface area contributed by atoms with Crippen molar-refractivity contribution >= 4 is 29.8 Å². The molecule has 2 N–H and O–H groups in total. The third kappa shape index (κ3) is 4.54. The van der Waals surface area contributed by atoms with E-state index in [2.05, 4.69) is 26.6 Å². The molecule has 2 aromatic heterocycles. The molecule has 27 heavy (non-hydrogen) atoms. The molecule has 0 aliphatic carbocycles. The molecule has 144 valence electrons. The maximum Gasteiger partial charge on any atom is 0.425 e. The van der Waals surface area contributed by atoms with Gasteiger partial charge < -0.3 is 10.5 Å². The van der Waals surface area contributed by atoms with Crippen LogP contribution in [0.25, 0.3) is 11.1 Å². The van der Waals surface area contributed by atoms with Crippen LogP contribution in [0.3, 0.4) is 0 Å². The van der Waals surface area contributed by atoms with Gasteiger partial charge in [0.1, 0.15) is 5.54 Å². The second-order valence-corrected chi connectivity index (χ2v) is 7.02. The molecule has 0 spiro atoms.